The van der Waals surface area contributed by atoms with E-state index in [0.29, 0.717) is 5.25 Å². The summed E-state index contributed by atoms with van der Waals surface area (Å²) >= 11 is 1.50. The second-order valence-electron chi connectivity index (χ2n) is 6.22. The monoisotopic (exact) mass is 322 g/mol. The average Bonchev–Trinajstić information content (AvgIpc) is 2.53. The molecular formula is C19H32NOS+. The zero-order chi connectivity index (χ0) is 16.4. The molecule has 0 amide bonds. The number of nitrogens with zero attached hydrogens (tertiary/aromatic N) is 1. The van der Waals surface area contributed by atoms with Crippen molar-refractivity contribution in [2.45, 2.75) is 52.2 Å². The Hall–Kier alpha value is -0.800. The van der Waals surface area contributed by atoms with Crippen LogP contribution in [-0.2, 0) is 0 Å². The van der Waals surface area contributed by atoms with Crippen molar-refractivity contribution in [3.05, 3.63) is 35.9 Å². The maximum atomic E-state index is 12.4. The van der Waals surface area contributed by atoms with Crippen LogP contribution in [0.25, 0.3) is 0 Å². The molecule has 2 atom stereocenters. The summed E-state index contributed by atoms with van der Waals surface area (Å²) in [5.74, 6) is 0. The van der Waals surface area contributed by atoms with Crippen molar-refractivity contribution in [2.75, 3.05) is 26.2 Å². The SMILES string of the molecule is CCCC[N+](CC)(CCC)CC(C)SC(=O)c1ccccc1. The van der Waals surface area contributed by atoms with Crippen LogP contribution in [0.5, 0.6) is 0 Å². The lowest BCUT2D eigenvalue weighted by atomic mass is 10.2. The topological polar surface area (TPSA) is 17.1 Å². The second kappa shape index (κ2) is 10.1. The number of unbranched alkanes of at least 4 members (excludes halogenated alkanes) is 1. The van der Waals surface area contributed by atoms with E-state index in [2.05, 4.69) is 27.7 Å². The molecule has 0 aromatic heterocycles. The molecule has 0 aliphatic heterocycles. The molecule has 0 aliphatic carbocycles. The lowest BCUT2D eigenvalue weighted by Crippen LogP contribution is -2.52. The Labute approximate surface area is 140 Å². The van der Waals surface area contributed by atoms with E-state index < -0.39 is 0 Å². The molecule has 2 nitrogen and oxygen atoms in total. The minimum Gasteiger partial charge on any atom is -0.323 e. The van der Waals surface area contributed by atoms with Gasteiger partial charge in [-0.3, -0.25) is 4.79 Å². The third-order valence-electron chi connectivity index (χ3n) is 4.32. The molecule has 1 rings (SSSR count). The van der Waals surface area contributed by atoms with Crippen LogP contribution in [0.4, 0.5) is 0 Å². The van der Waals surface area contributed by atoms with Crippen LogP contribution in [0.3, 0.4) is 0 Å². The van der Waals surface area contributed by atoms with Gasteiger partial charge in [-0.05, 0) is 26.7 Å². The van der Waals surface area contributed by atoms with Gasteiger partial charge in [-0.1, -0.05) is 62.4 Å². The van der Waals surface area contributed by atoms with Crippen molar-refractivity contribution in [3.8, 4) is 0 Å². The maximum Gasteiger partial charge on any atom is 0.219 e. The van der Waals surface area contributed by atoms with Gasteiger partial charge >= 0.3 is 0 Å². The molecule has 0 fully saturated rings. The van der Waals surface area contributed by atoms with Crippen molar-refractivity contribution < 1.29 is 9.28 Å². The van der Waals surface area contributed by atoms with E-state index in [-0.39, 0.29) is 5.12 Å². The number of quaternary nitrogens is 1. The van der Waals surface area contributed by atoms with Crippen LogP contribution in [0.2, 0.25) is 0 Å². The molecule has 0 saturated heterocycles. The highest BCUT2D eigenvalue weighted by Crippen LogP contribution is 2.22. The van der Waals surface area contributed by atoms with Crippen molar-refractivity contribution in [3.63, 3.8) is 0 Å². The van der Waals surface area contributed by atoms with E-state index in [1.807, 2.05) is 30.3 Å². The van der Waals surface area contributed by atoms with Gasteiger partial charge < -0.3 is 4.48 Å². The minimum absolute atomic E-state index is 0.203. The molecule has 1 aromatic carbocycles. The normalized spacial score (nSPS) is 15.3. The molecule has 22 heavy (non-hydrogen) atoms. The first-order chi connectivity index (χ1) is 10.6. The molecule has 2 unspecified atom stereocenters. The quantitative estimate of drug-likeness (QED) is 0.564. The van der Waals surface area contributed by atoms with E-state index in [1.165, 1.54) is 44.1 Å². The van der Waals surface area contributed by atoms with Gasteiger partial charge in [0.2, 0.25) is 5.12 Å². The van der Waals surface area contributed by atoms with Gasteiger partial charge in [0.05, 0.1) is 31.4 Å². The predicted molar refractivity (Wildman–Crippen MR) is 98.4 cm³/mol. The van der Waals surface area contributed by atoms with E-state index in [0.717, 1.165) is 23.1 Å². The predicted octanol–water partition coefficient (Wildman–Crippen LogP) is 5.00. The Morgan fingerprint density at radius 1 is 1.09 bits per heavy atom. The fourth-order valence-corrected chi connectivity index (χ4v) is 4.14. The Kier molecular flexibility index (Phi) is 8.81. The molecule has 0 aliphatic rings. The molecule has 3 heteroatoms. The smallest absolute Gasteiger partial charge is 0.219 e. The Balaban J connectivity index is 2.65. The van der Waals surface area contributed by atoms with Gasteiger partial charge in [0.15, 0.2) is 0 Å². The van der Waals surface area contributed by atoms with Gasteiger partial charge in [0, 0.05) is 5.56 Å². The molecule has 0 N–H and O–H groups in total. The van der Waals surface area contributed by atoms with Crippen molar-refractivity contribution in [2.24, 2.45) is 0 Å². The Morgan fingerprint density at radius 3 is 2.32 bits per heavy atom. The third kappa shape index (κ3) is 6.13. The van der Waals surface area contributed by atoms with Crippen molar-refractivity contribution in [1.29, 1.82) is 0 Å². The van der Waals surface area contributed by atoms with Crippen molar-refractivity contribution in [1.82, 2.24) is 0 Å². The standard InChI is InChI=1S/C19H32NOS/c1-5-8-15-20(7-3,14-6-2)16-17(4)22-19(21)18-12-10-9-11-13-18/h9-13,17H,5-8,14-16H2,1-4H3/q+1. The maximum absolute atomic E-state index is 12.4. The van der Waals surface area contributed by atoms with Crippen LogP contribution >= 0.6 is 11.8 Å². The summed E-state index contributed by atoms with van der Waals surface area (Å²) in [5, 5.41) is 0.561. The molecule has 0 saturated carbocycles. The summed E-state index contributed by atoms with van der Waals surface area (Å²) in [7, 11) is 0. The van der Waals surface area contributed by atoms with E-state index in [1.54, 1.807) is 0 Å². The van der Waals surface area contributed by atoms with E-state index in [4.69, 9.17) is 0 Å². The summed E-state index contributed by atoms with van der Waals surface area (Å²) in [6, 6.07) is 9.64. The number of thioether (sulfide) groups is 1. The Bertz CT molecular complexity index is 434. The summed E-state index contributed by atoms with van der Waals surface area (Å²) in [4.78, 5) is 12.4. The summed E-state index contributed by atoms with van der Waals surface area (Å²) in [5.41, 5.74) is 0.818. The highest BCUT2D eigenvalue weighted by atomic mass is 32.2. The van der Waals surface area contributed by atoms with E-state index >= 15 is 0 Å². The molecule has 0 spiro atoms. The van der Waals surface area contributed by atoms with Crippen molar-refractivity contribution >= 4 is 16.9 Å². The molecule has 0 heterocycles. The fourth-order valence-electron chi connectivity index (χ4n) is 3.12. The second-order valence-corrected chi connectivity index (χ2v) is 7.63. The number of rotatable bonds is 10. The fraction of sp³-hybridized carbons (Fsp3) is 0.632. The first-order valence-corrected chi connectivity index (χ1v) is 9.56. The number of carbonyl (C=O) groups excluding carboxylic acids is 1. The highest BCUT2D eigenvalue weighted by molar-refractivity contribution is 8.14. The van der Waals surface area contributed by atoms with Crippen LogP contribution in [0.15, 0.2) is 30.3 Å². The molecular weight excluding hydrogens is 290 g/mol. The molecule has 0 radical (unpaired) electrons. The van der Waals surface area contributed by atoms with Crippen LogP contribution < -0.4 is 0 Å². The Morgan fingerprint density at radius 2 is 1.77 bits per heavy atom. The first-order valence-electron chi connectivity index (χ1n) is 8.68. The summed E-state index contributed by atoms with van der Waals surface area (Å²) in [6.07, 6.45) is 3.73. The largest absolute Gasteiger partial charge is 0.323 e. The van der Waals surface area contributed by atoms with Gasteiger partial charge in [-0.2, -0.15) is 0 Å². The lowest BCUT2D eigenvalue weighted by molar-refractivity contribution is -0.926. The molecule has 1 aromatic rings. The zero-order valence-electron chi connectivity index (χ0n) is 14.7. The average molecular weight is 323 g/mol. The third-order valence-corrected chi connectivity index (χ3v) is 5.32. The first kappa shape index (κ1) is 19.2. The van der Waals surface area contributed by atoms with Crippen LogP contribution in [0, 0.1) is 0 Å². The van der Waals surface area contributed by atoms with Crippen LogP contribution in [0.1, 0.15) is 57.3 Å². The minimum atomic E-state index is 0.203. The van der Waals surface area contributed by atoms with Gasteiger partial charge in [-0.25, -0.2) is 0 Å². The van der Waals surface area contributed by atoms with Gasteiger partial charge in [0.1, 0.15) is 0 Å². The summed E-state index contributed by atoms with van der Waals surface area (Å²) < 4.78 is 1.15. The zero-order valence-corrected chi connectivity index (χ0v) is 15.5. The van der Waals surface area contributed by atoms with Crippen LogP contribution in [-0.4, -0.2) is 41.0 Å². The number of hydrogen-bond acceptors (Lipinski definition) is 2. The van der Waals surface area contributed by atoms with Gasteiger partial charge in [0.25, 0.3) is 0 Å². The van der Waals surface area contributed by atoms with Gasteiger partial charge in [-0.15, -0.1) is 0 Å². The summed E-state index contributed by atoms with van der Waals surface area (Å²) in [6.45, 7) is 13.7. The number of carbonyl (C=O) groups is 1. The molecule has 124 valence electrons. The van der Waals surface area contributed by atoms with E-state index in [9.17, 15) is 4.79 Å². The molecule has 0 bridgehead atoms. The highest BCUT2D eigenvalue weighted by Gasteiger charge is 2.27. The number of benzene rings is 1. The lowest BCUT2D eigenvalue weighted by Gasteiger charge is -2.39. The number of hydrogen-bond donors (Lipinski definition) is 0.